The fourth-order valence-electron chi connectivity index (χ4n) is 5.73. The molecule has 1 aliphatic rings. The number of aliphatic hydroxyl groups excluding tert-OH is 2. The molecule has 1 heterocycles. The van der Waals surface area contributed by atoms with Crippen molar-refractivity contribution in [1.29, 1.82) is 0 Å². The molecule has 0 spiro atoms. The van der Waals surface area contributed by atoms with Gasteiger partial charge in [0.05, 0.1) is 0 Å². The summed E-state index contributed by atoms with van der Waals surface area (Å²) in [5, 5.41) is 31.7. The number of cyclic esters (lactones) is 1. The van der Waals surface area contributed by atoms with Gasteiger partial charge in [0, 0.05) is 6.42 Å². The molecule has 1 fully saturated rings. The van der Waals surface area contributed by atoms with E-state index in [0.717, 1.165) is 44.9 Å². The topological polar surface area (TPSA) is 138 Å². The molecule has 0 aromatic heterocycles. The van der Waals surface area contributed by atoms with Crippen LogP contribution in [0.25, 0.3) is 0 Å². The van der Waals surface area contributed by atoms with Crippen molar-refractivity contribution in [3.63, 3.8) is 0 Å². The van der Waals surface area contributed by atoms with Gasteiger partial charge in [-0.05, 0) is 12.8 Å². The number of carbonyl (C=O) groups is 4. The lowest BCUT2D eigenvalue weighted by Gasteiger charge is -2.30. The molecule has 0 bridgehead atoms. The van der Waals surface area contributed by atoms with Crippen molar-refractivity contribution in [3.05, 3.63) is 0 Å². The van der Waals surface area contributed by atoms with E-state index >= 15 is 0 Å². The Morgan fingerprint density at radius 3 is 1.45 bits per heavy atom. The van der Waals surface area contributed by atoms with Gasteiger partial charge in [-0.1, -0.05) is 149 Å². The van der Waals surface area contributed by atoms with E-state index in [2.05, 4.69) is 13.8 Å². The minimum Gasteiger partial charge on any atom is -0.448 e. The number of ether oxygens (including phenoxy) is 1. The lowest BCUT2D eigenvalue weighted by atomic mass is 9.80. The largest absolute Gasteiger partial charge is 0.448 e. The number of Topliss-reactive ketones (excluding diaryl/α,β-unsaturated/α-hetero) is 3. The molecule has 2 unspecified atom stereocenters. The van der Waals surface area contributed by atoms with Gasteiger partial charge in [0.2, 0.25) is 29.4 Å². The molecule has 0 aliphatic carbocycles. The van der Waals surface area contributed by atoms with E-state index in [0.29, 0.717) is 19.3 Å². The molecule has 42 heavy (non-hydrogen) atoms. The Labute approximate surface area is 254 Å². The second-order valence-electron chi connectivity index (χ2n) is 12.3. The average molecular weight is 597 g/mol. The molecule has 0 aromatic carbocycles. The molecule has 3 N–H and O–H groups in total. The van der Waals surface area contributed by atoms with Crippen LogP contribution in [0.15, 0.2) is 0 Å². The first kappa shape index (κ1) is 38.4. The van der Waals surface area contributed by atoms with Crippen LogP contribution in [-0.4, -0.2) is 62.6 Å². The van der Waals surface area contributed by atoms with E-state index in [9.17, 15) is 34.5 Å². The third kappa shape index (κ3) is 13.8. The van der Waals surface area contributed by atoms with Crippen LogP contribution >= 0.6 is 0 Å². The van der Waals surface area contributed by atoms with Gasteiger partial charge in [-0.15, -0.1) is 0 Å². The lowest BCUT2D eigenvalue weighted by Crippen LogP contribution is -2.61. The highest BCUT2D eigenvalue weighted by atomic mass is 16.6. The van der Waals surface area contributed by atoms with Gasteiger partial charge in [0.15, 0.2) is 5.78 Å². The number of aliphatic hydroxyl groups is 3. The molecule has 1 rings (SSSR count). The Morgan fingerprint density at radius 2 is 1.07 bits per heavy atom. The SMILES string of the molecule is CCCCCCCCCCCCCC(=O)[C@](O)(C(=O)C(O)CCCCCCCCCCCCC)[C@H]1OC(=O)C(O)C1=O. The second kappa shape index (κ2) is 22.8. The van der Waals surface area contributed by atoms with Gasteiger partial charge < -0.3 is 20.1 Å². The maximum absolute atomic E-state index is 13.2. The van der Waals surface area contributed by atoms with Crippen LogP contribution in [0.5, 0.6) is 0 Å². The van der Waals surface area contributed by atoms with E-state index < -0.39 is 47.2 Å². The Bertz CT molecular complexity index is 782. The average Bonchev–Trinajstić information content (AvgIpc) is 3.24. The number of ketones is 3. The Morgan fingerprint density at radius 1 is 0.690 bits per heavy atom. The molecule has 1 saturated heterocycles. The second-order valence-corrected chi connectivity index (χ2v) is 12.3. The molecule has 0 radical (unpaired) electrons. The fraction of sp³-hybridized carbons (Fsp3) is 0.882. The van der Waals surface area contributed by atoms with E-state index in [4.69, 9.17) is 4.74 Å². The summed E-state index contributed by atoms with van der Waals surface area (Å²) >= 11 is 0. The third-order valence-corrected chi connectivity index (χ3v) is 8.56. The Balaban J connectivity index is 2.51. The van der Waals surface area contributed by atoms with Crippen LogP contribution in [0.1, 0.15) is 168 Å². The highest BCUT2D eigenvalue weighted by molar-refractivity contribution is 6.20. The summed E-state index contributed by atoms with van der Waals surface area (Å²) in [7, 11) is 0. The normalized spacial score (nSPS) is 19.1. The maximum Gasteiger partial charge on any atom is 0.343 e. The van der Waals surface area contributed by atoms with Crippen molar-refractivity contribution >= 4 is 23.3 Å². The molecule has 0 aromatic rings. The highest BCUT2D eigenvalue weighted by Gasteiger charge is 2.61. The van der Waals surface area contributed by atoms with Gasteiger partial charge in [0.25, 0.3) is 0 Å². The molecule has 8 heteroatoms. The van der Waals surface area contributed by atoms with Crippen LogP contribution in [0, 0.1) is 0 Å². The molecule has 4 atom stereocenters. The van der Waals surface area contributed by atoms with Crippen molar-refractivity contribution in [2.24, 2.45) is 0 Å². The van der Waals surface area contributed by atoms with E-state index in [1.807, 2.05) is 0 Å². The van der Waals surface area contributed by atoms with Gasteiger partial charge in [0.1, 0.15) is 6.10 Å². The number of hydrogen-bond acceptors (Lipinski definition) is 8. The van der Waals surface area contributed by atoms with Gasteiger partial charge in [-0.3, -0.25) is 14.4 Å². The minimum absolute atomic E-state index is 0.0291. The number of hydrogen-bond donors (Lipinski definition) is 3. The predicted molar refractivity (Wildman–Crippen MR) is 164 cm³/mol. The molecule has 8 nitrogen and oxygen atoms in total. The summed E-state index contributed by atoms with van der Waals surface area (Å²) in [6.07, 6.45) is 17.6. The summed E-state index contributed by atoms with van der Waals surface area (Å²) in [4.78, 5) is 50.7. The van der Waals surface area contributed by atoms with E-state index in [1.54, 1.807) is 0 Å². The van der Waals surface area contributed by atoms with Crippen molar-refractivity contribution in [3.8, 4) is 0 Å². The molecule has 244 valence electrons. The zero-order valence-electron chi connectivity index (χ0n) is 26.6. The maximum atomic E-state index is 13.2. The first-order valence-corrected chi connectivity index (χ1v) is 17.1. The standard InChI is InChI=1S/C34H60O8/c1-3-5-7-9-11-13-15-17-19-21-23-25-27(35)31(39)34(41,32-29(37)30(38)33(40)42-32)28(36)26-24-22-20-18-16-14-12-10-8-6-4-2/h27,30,32,35,38,41H,3-26H2,1-2H3/t27?,30?,32-,34-/m0/s1. The zero-order chi connectivity index (χ0) is 31.2. The van der Waals surface area contributed by atoms with E-state index in [-0.39, 0.29) is 12.8 Å². The summed E-state index contributed by atoms with van der Waals surface area (Å²) in [6, 6.07) is 0. The molecular formula is C34H60O8. The molecular weight excluding hydrogens is 536 g/mol. The predicted octanol–water partition coefficient (Wildman–Crippen LogP) is 6.47. The van der Waals surface area contributed by atoms with Crippen LogP contribution in [0.2, 0.25) is 0 Å². The smallest absolute Gasteiger partial charge is 0.343 e. The van der Waals surface area contributed by atoms with Crippen molar-refractivity contribution in [2.45, 2.75) is 192 Å². The minimum atomic E-state index is -3.00. The lowest BCUT2D eigenvalue weighted by molar-refractivity contribution is -0.176. The van der Waals surface area contributed by atoms with Crippen LogP contribution < -0.4 is 0 Å². The first-order chi connectivity index (χ1) is 20.2. The number of esters is 1. The summed E-state index contributed by atoms with van der Waals surface area (Å²) in [6.45, 7) is 4.40. The third-order valence-electron chi connectivity index (χ3n) is 8.56. The molecule has 0 saturated carbocycles. The van der Waals surface area contributed by atoms with Gasteiger partial charge in [-0.25, -0.2) is 4.79 Å². The highest BCUT2D eigenvalue weighted by Crippen LogP contribution is 2.29. The van der Waals surface area contributed by atoms with Crippen molar-refractivity contribution < 1.29 is 39.2 Å². The number of carbonyl (C=O) groups excluding carboxylic acids is 4. The summed E-state index contributed by atoms with van der Waals surface area (Å²) in [5.41, 5.74) is -3.00. The van der Waals surface area contributed by atoms with Crippen LogP contribution in [0.3, 0.4) is 0 Å². The number of unbranched alkanes of at least 4 members (excludes halogenated alkanes) is 20. The van der Waals surface area contributed by atoms with Crippen molar-refractivity contribution in [1.82, 2.24) is 0 Å². The first-order valence-electron chi connectivity index (χ1n) is 17.1. The molecule has 1 aliphatic heterocycles. The zero-order valence-corrected chi connectivity index (χ0v) is 26.6. The van der Waals surface area contributed by atoms with Gasteiger partial charge in [-0.2, -0.15) is 0 Å². The van der Waals surface area contributed by atoms with Crippen LogP contribution in [0.4, 0.5) is 0 Å². The summed E-state index contributed by atoms with van der Waals surface area (Å²) in [5.74, 6) is -4.73. The van der Waals surface area contributed by atoms with Crippen molar-refractivity contribution in [2.75, 3.05) is 0 Å². The monoisotopic (exact) mass is 596 g/mol. The van der Waals surface area contributed by atoms with Crippen LogP contribution in [-0.2, 0) is 23.9 Å². The quantitative estimate of drug-likeness (QED) is 0.0530. The molecule has 0 amide bonds. The van der Waals surface area contributed by atoms with E-state index in [1.165, 1.54) is 77.0 Å². The summed E-state index contributed by atoms with van der Waals surface area (Å²) < 4.78 is 4.82. The fourth-order valence-corrected chi connectivity index (χ4v) is 5.73. The Kier molecular flexibility index (Phi) is 20.9. The van der Waals surface area contributed by atoms with Gasteiger partial charge >= 0.3 is 5.97 Å². The number of rotatable bonds is 28. The Hall–Kier alpha value is -1.64.